The van der Waals surface area contributed by atoms with Gasteiger partial charge in [0.2, 0.25) is 15.9 Å². The largest absolute Gasteiger partial charge is 0.467 e. The number of carbonyl (C=O) groups is 2. The summed E-state index contributed by atoms with van der Waals surface area (Å²) in [5, 5.41) is 2.37. The summed E-state index contributed by atoms with van der Waals surface area (Å²) in [5.74, 6) is -1.42. The van der Waals surface area contributed by atoms with Gasteiger partial charge >= 0.3 is 12.1 Å². The smallest absolute Gasteiger partial charge is 0.416 e. The fourth-order valence-corrected chi connectivity index (χ4v) is 3.09. The molecule has 2 N–H and O–H groups in total. The molecule has 0 radical (unpaired) electrons. The maximum Gasteiger partial charge on any atom is 0.416 e. The summed E-state index contributed by atoms with van der Waals surface area (Å²) >= 11 is 0. The number of carbonyl (C=O) groups excluding carboxylic acids is 2. The minimum absolute atomic E-state index is 0.334. The number of amides is 1. The van der Waals surface area contributed by atoms with Gasteiger partial charge in [-0.15, -0.1) is 0 Å². The lowest BCUT2D eigenvalue weighted by atomic mass is 10.1. The normalized spacial score (nSPS) is 13.1. The number of sulfonamides is 1. The summed E-state index contributed by atoms with van der Waals surface area (Å²) < 4.78 is 68.3. The average molecular weight is 410 g/mol. The van der Waals surface area contributed by atoms with E-state index in [1.54, 1.807) is 0 Å². The molecule has 0 aliphatic heterocycles. The SMILES string of the molecule is CCCCC(NC(=O)CNS(=O)(=O)c1ccc(C(F)(F)F)cc1)C(=O)OC. The first-order valence-corrected chi connectivity index (χ1v) is 9.53. The third-order valence-electron chi connectivity index (χ3n) is 3.58. The van der Waals surface area contributed by atoms with Crippen LogP contribution in [-0.4, -0.2) is 40.0 Å². The molecule has 1 rings (SSSR count). The molecule has 1 atom stereocenters. The summed E-state index contributed by atoms with van der Waals surface area (Å²) in [6, 6.07) is 1.95. The van der Waals surface area contributed by atoms with Gasteiger partial charge in [-0.05, 0) is 30.7 Å². The number of unbranched alkanes of at least 4 members (excludes halogenated alkanes) is 1. The number of benzene rings is 1. The Kier molecular flexibility index (Phi) is 8.22. The Morgan fingerprint density at radius 1 is 1.19 bits per heavy atom. The second kappa shape index (κ2) is 9.70. The zero-order chi connectivity index (χ0) is 20.7. The predicted molar refractivity (Wildman–Crippen MR) is 90.1 cm³/mol. The van der Waals surface area contributed by atoms with Crippen molar-refractivity contribution in [2.45, 2.75) is 43.3 Å². The highest BCUT2D eigenvalue weighted by Gasteiger charge is 2.30. The maximum absolute atomic E-state index is 12.5. The van der Waals surface area contributed by atoms with Crippen molar-refractivity contribution in [1.29, 1.82) is 0 Å². The van der Waals surface area contributed by atoms with Crippen LogP contribution in [0.2, 0.25) is 0 Å². The molecule has 0 bridgehead atoms. The molecule has 7 nitrogen and oxygen atoms in total. The second-order valence-electron chi connectivity index (χ2n) is 5.63. The minimum atomic E-state index is -4.59. The van der Waals surface area contributed by atoms with E-state index in [1.807, 2.05) is 11.6 Å². The summed E-state index contributed by atoms with van der Waals surface area (Å²) in [4.78, 5) is 23.1. The van der Waals surface area contributed by atoms with Crippen molar-refractivity contribution in [3.05, 3.63) is 29.8 Å². The first-order chi connectivity index (χ1) is 12.5. The molecular formula is C16H21F3N2O5S. The number of hydrogen-bond donors (Lipinski definition) is 2. The molecule has 0 saturated heterocycles. The van der Waals surface area contributed by atoms with E-state index < -0.39 is 51.1 Å². The number of nitrogens with one attached hydrogen (secondary N) is 2. The van der Waals surface area contributed by atoms with Gasteiger partial charge in [0, 0.05) is 0 Å². The van der Waals surface area contributed by atoms with Crippen LogP contribution < -0.4 is 10.0 Å². The van der Waals surface area contributed by atoms with Crippen molar-refractivity contribution in [3.8, 4) is 0 Å². The topological polar surface area (TPSA) is 102 Å². The number of alkyl halides is 3. The van der Waals surface area contributed by atoms with E-state index in [-0.39, 0.29) is 0 Å². The predicted octanol–water partition coefficient (Wildman–Crippen LogP) is 1.83. The third kappa shape index (κ3) is 7.18. The molecule has 1 aromatic rings. The van der Waals surface area contributed by atoms with Gasteiger partial charge in [-0.1, -0.05) is 19.8 Å². The maximum atomic E-state index is 12.5. The fourth-order valence-electron chi connectivity index (χ4n) is 2.11. The van der Waals surface area contributed by atoms with E-state index in [4.69, 9.17) is 0 Å². The highest BCUT2D eigenvalue weighted by Crippen LogP contribution is 2.29. The number of halogens is 3. The second-order valence-corrected chi connectivity index (χ2v) is 7.40. The lowest BCUT2D eigenvalue weighted by Crippen LogP contribution is -2.45. The first kappa shape index (κ1) is 22.9. The van der Waals surface area contributed by atoms with Gasteiger partial charge in [0.15, 0.2) is 0 Å². The molecule has 1 aromatic carbocycles. The summed E-state index contributed by atoms with van der Waals surface area (Å²) in [6.45, 7) is 1.22. The Labute approximate surface area is 155 Å². The van der Waals surface area contributed by atoms with Gasteiger partial charge in [0.05, 0.1) is 24.1 Å². The van der Waals surface area contributed by atoms with E-state index in [1.165, 1.54) is 7.11 Å². The minimum Gasteiger partial charge on any atom is -0.467 e. The molecule has 0 fully saturated rings. The average Bonchev–Trinajstić information content (AvgIpc) is 2.62. The first-order valence-electron chi connectivity index (χ1n) is 8.05. The van der Waals surface area contributed by atoms with Crippen LogP contribution in [0, 0.1) is 0 Å². The summed E-state index contributed by atoms with van der Waals surface area (Å²) in [6.07, 6.45) is -2.82. The lowest BCUT2D eigenvalue weighted by molar-refractivity contribution is -0.145. The number of hydrogen-bond acceptors (Lipinski definition) is 5. The Morgan fingerprint density at radius 2 is 1.78 bits per heavy atom. The quantitative estimate of drug-likeness (QED) is 0.605. The lowest BCUT2D eigenvalue weighted by Gasteiger charge is -2.16. The molecule has 0 saturated carbocycles. The highest BCUT2D eigenvalue weighted by molar-refractivity contribution is 7.89. The molecule has 0 aliphatic rings. The van der Waals surface area contributed by atoms with Crippen LogP contribution in [0.1, 0.15) is 31.7 Å². The van der Waals surface area contributed by atoms with Crippen LogP contribution in [-0.2, 0) is 30.5 Å². The van der Waals surface area contributed by atoms with E-state index in [2.05, 4.69) is 10.1 Å². The van der Waals surface area contributed by atoms with Crippen LogP contribution in [0.3, 0.4) is 0 Å². The molecule has 27 heavy (non-hydrogen) atoms. The van der Waals surface area contributed by atoms with Crippen LogP contribution in [0.5, 0.6) is 0 Å². The number of ether oxygens (including phenoxy) is 1. The number of methoxy groups -OCH3 is 1. The van der Waals surface area contributed by atoms with E-state index in [0.29, 0.717) is 25.0 Å². The molecule has 0 heterocycles. The molecule has 11 heteroatoms. The highest BCUT2D eigenvalue weighted by atomic mass is 32.2. The van der Waals surface area contributed by atoms with Crippen molar-refractivity contribution in [3.63, 3.8) is 0 Å². The monoisotopic (exact) mass is 410 g/mol. The molecule has 0 aliphatic carbocycles. The zero-order valence-electron chi connectivity index (χ0n) is 14.8. The van der Waals surface area contributed by atoms with Crippen LogP contribution in [0.15, 0.2) is 29.2 Å². The van der Waals surface area contributed by atoms with Crippen molar-refractivity contribution < 1.29 is 35.9 Å². The Bertz CT molecular complexity index is 748. The Hall–Kier alpha value is -2.14. The van der Waals surface area contributed by atoms with Crippen molar-refractivity contribution >= 4 is 21.9 Å². The van der Waals surface area contributed by atoms with Gasteiger partial charge < -0.3 is 10.1 Å². The fraction of sp³-hybridized carbons (Fsp3) is 0.500. The van der Waals surface area contributed by atoms with E-state index >= 15 is 0 Å². The molecule has 1 unspecified atom stereocenters. The Balaban J connectivity index is 2.71. The summed E-state index contributed by atoms with van der Waals surface area (Å²) in [7, 11) is -3.02. The van der Waals surface area contributed by atoms with Crippen molar-refractivity contribution in [2.24, 2.45) is 0 Å². The molecule has 0 aromatic heterocycles. The van der Waals surface area contributed by atoms with Gasteiger partial charge in [0.25, 0.3) is 0 Å². The number of rotatable bonds is 9. The molecule has 0 spiro atoms. The molecule has 1 amide bonds. The van der Waals surface area contributed by atoms with E-state index in [0.717, 1.165) is 18.6 Å². The van der Waals surface area contributed by atoms with Gasteiger partial charge in [-0.25, -0.2) is 17.9 Å². The van der Waals surface area contributed by atoms with Crippen LogP contribution in [0.25, 0.3) is 0 Å². The van der Waals surface area contributed by atoms with Gasteiger partial charge in [-0.2, -0.15) is 13.2 Å². The van der Waals surface area contributed by atoms with Crippen molar-refractivity contribution in [1.82, 2.24) is 10.0 Å². The summed E-state index contributed by atoms with van der Waals surface area (Å²) in [5.41, 5.74) is -0.990. The van der Waals surface area contributed by atoms with Crippen LogP contribution >= 0.6 is 0 Å². The van der Waals surface area contributed by atoms with E-state index in [9.17, 15) is 31.2 Å². The van der Waals surface area contributed by atoms with Crippen LogP contribution in [0.4, 0.5) is 13.2 Å². The van der Waals surface area contributed by atoms with Gasteiger partial charge in [-0.3, -0.25) is 4.79 Å². The zero-order valence-corrected chi connectivity index (χ0v) is 15.6. The van der Waals surface area contributed by atoms with Gasteiger partial charge in [0.1, 0.15) is 6.04 Å². The molecular weight excluding hydrogens is 389 g/mol. The Morgan fingerprint density at radius 3 is 2.26 bits per heavy atom. The standard InChI is InChI=1S/C16H21F3N2O5S/c1-3-4-5-13(15(23)26-2)21-14(22)10-20-27(24,25)12-8-6-11(7-9-12)16(17,18)19/h6-9,13,20H,3-5,10H2,1-2H3,(H,21,22). The van der Waals surface area contributed by atoms with Crippen molar-refractivity contribution in [2.75, 3.05) is 13.7 Å². The third-order valence-corrected chi connectivity index (χ3v) is 5.00. The number of esters is 1. The molecule has 152 valence electrons.